The maximum Gasteiger partial charge on any atom is 0.167 e. The molecule has 0 heterocycles. The first-order chi connectivity index (χ1) is 7.71. The number of Topliss-reactive ketones (excluding diaryl/α,β-unsaturated/α-hetero) is 1. The molecule has 0 fully saturated rings. The van der Waals surface area contributed by atoms with Crippen LogP contribution in [0.15, 0.2) is 24.3 Å². The van der Waals surface area contributed by atoms with Crippen molar-refractivity contribution in [2.45, 2.75) is 12.7 Å². The van der Waals surface area contributed by atoms with Crippen molar-refractivity contribution in [3.05, 3.63) is 35.4 Å². The highest BCUT2D eigenvalue weighted by atomic mass is 16.7. The third-order valence-electron chi connectivity index (χ3n) is 2.21. The lowest BCUT2D eigenvalue weighted by molar-refractivity contribution is -0.0993. The van der Waals surface area contributed by atoms with Crippen molar-refractivity contribution >= 4 is 5.78 Å². The largest absolute Gasteiger partial charge is 0.355 e. The average molecular weight is 219 g/mol. The zero-order valence-electron chi connectivity index (χ0n) is 9.27. The SMILES string of the molecule is COC(CC(=O)c1ccc(C#N)cc1)OC. The Balaban J connectivity index is 2.70. The highest BCUT2D eigenvalue weighted by Crippen LogP contribution is 2.09. The van der Waals surface area contributed by atoms with E-state index >= 15 is 0 Å². The lowest BCUT2D eigenvalue weighted by Gasteiger charge is -2.11. The molecule has 0 aliphatic carbocycles. The Morgan fingerprint density at radius 3 is 2.31 bits per heavy atom. The minimum absolute atomic E-state index is 0.0711. The molecule has 0 atom stereocenters. The fourth-order valence-corrected chi connectivity index (χ4v) is 1.26. The number of carbonyl (C=O) groups is 1. The topological polar surface area (TPSA) is 59.3 Å². The summed E-state index contributed by atoms with van der Waals surface area (Å²) in [6, 6.07) is 8.48. The molecule has 0 amide bonds. The quantitative estimate of drug-likeness (QED) is 0.559. The summed E-state index contributed by atoms with van der Waals surface area (Å²) < 4.78 is 9.88. The molecule has 0 aromatic heterocycles. The Bertz CT molecular complexity index is 388. The summed E-state index contributed by atoms with van der Waals surface area (Å²) in [6.07, 6.45) is -0.359. The second-order valence-corrected chi connectivity index (χ2v) is 3.22. The number of hydrogen-bond acceptors (Lipinski definition) is 4. The van der Waals surface area contributed by atoms with Crippen molar-refractivity contribution in [1.82, 2.24) is 0 Å². The molecule has 0 radical (unpaired) electrons. The molecule has 84 valence electrons. The molecule has 0 saturated heterocycles. The summed E-state index contributed by atoms with van der Waals surface area (Å²) in [5.74, 6) is -0.0711. The van der Waals surface area contributed by atoms with Gasteiger partial charge in [0.15, 0.2) is 12.1 Å². The van der Waals surface area contributed by atoms with E-state index < -0.39 is 6.29 Å². The standard InChI is InChI=1S/C12H13NO3/c1-15-12(16-2)7-11(14)10-5-3-9(8-13)4-6-10/h3-6,12H,7H2,1-2H3. The van der Waals surface area contributed by atoms with Gasteiger partial charge in [0, 0.05) is 19.8 Å². The van der Waals surface area contributed by atoms with Crippen LogP contribution >= 0.6 is 0 Å². The molecular formula is C12H13NO3. The van der Waals surface area contributed by atoms with Gasteiger partial charge in [0.1, 0.15) is 0 Å². The zero-order chi connectivity index (χ0) is 12.0. The van der Waals surface area contributed by atoms with Gasteiger partial charge in [-0.1, -0.05) is 12.1 Å². The summed E-state index contributed by atoms with van der Waals surface area (Å²) in [5.41, 5.74) is 1.09. The number of benzene rings is 1. The van der Waals surface area contributed by atoms with Crippen molar-refractivity contribution in [2.75, 3.05) is 14.2 Å². The van der Waals surface area contributed by atoms with Gasteiger partial charge >= 0.3 is 0 Å². The van der Waals surface area contributed by atoms with Crippen LogP contribution in [0.3, 0.4) is 0 Å². The van der Waals surface area contributed by atoms with Crippen LogP contribution in [0.25, 0.3) is 0 Å². The minimum Gasteiger partial charge on any atom is -0.355 e. The van der Waals surface area contributed by atoms with Gasteiger partial charge in [-0.3, -0.25) is 4.79 Å². The minimum atomic E-state index is -0.525. The maximum atomic E-state index is 11.7. The smallest absolute Gasteiger partial charge is 0.167 e. The Kier molecular flexibility index (Phi) is 4.65. The van der Waals surface area contributed by atoms with Gasteiger partial charge in [0.2, 0.25) is 0 Å². The van der Waals surface area contributed by atoms with Crippen LogP contribution in [0.4, 0.5) is 0 Å². The molecule has 16 heavy (non-hydrogen) atoms. The van der Waals surface area contributed by atoms with Crippen molar-refractivity contribution < 1.29 is 14.3 Å². The summed E-state index contributed by atoms with van der Waals surface area (Å²) >= 11 is 0. The van der Waals surface area contributed by atoms with E-state index in [-0.39, 0.29) is 12.2 Å². The van der Waals surface area contributed by atoms with Crippen molar-refractivity contribution in [1.29, 1.82) is 5.26 Å². The van der Waals surface area contributed by atoms with Crippen LogP contribution in [0, 0.1) is 11.3 Å². The predicted octanol–water partition coefficient (Wildman–Crippen LogP) is 1.75. The molecule has 0 saturated carbocycles. The highest BCUT2D eigenvalue weighted by Gasteiger charge is 2.13. The predicted molar refractivity (Wildman–Crippen MR) is 57.9 cm³/mol. The van der Waals surface area contributed by atoms with E-state index in [9.17, 15) is 4.79 Å². The molecule has 0 aliphatic rings. The Morgan fingerprint density at radius 2 is 1.88 bits per heavy atom. The fourth-order valence-electron chi connectivity index (χ4n) is 1.26. The lowest BCUT2D eigenvalue weighted by atomic mass is 10.1. The molecule has 0 spiro atoms. The van der Waals surface area contributed by atoms with Gasteiger partial charge in [-0.2, -0.15) is 5.26 Å². The van der Waals surface area contributed by atoms with Gasteiger partial charge in [-0.15, -0.1) is 0 Å². The van der Waals surface area contributed by atoms with Crippen molar-refractivity contribution in [3.8, 4) is 6.07 Å². The number of nitrogens with zero attached hydrogens (tertiary/aromatic N) is 1. The normalized spacial score (nSPS) is 10.1. The van der Waals surface area contributed by atoms with Crippen molar-refractivity contribution in [3.63, 3.8) is 0 Å². The maximum absolute atomic E-state index is 11.7. The van der Waals surface area contributed by atoms with E-state index in [2.05, 4.69) is 0 Å². The number of rotatable bonds is 5. The van der Waals surface area contributed by atoms with Gasteiger partial charge in [-0.05, 0) is 12.1 Å². The van der Waals surface area contributed by atoms with Gasteiger partial charge in [0.05, 0.1) is 18.1 Å². The third-order valence-corrected chi connectivity index (χ3v) is 2.21. The van der Waals surface area contributed by atoms with E-state index in [1.807, 2.05) is 6.07 Å². The lowest BCUT2D eigenvalue weighted by Crippen LogP contribution is -2.18. The molecule has 1 rings (SSSR count). The van der Waals surface area contributed by atoms with Gasteiger partial charge < -0.3 is 9.47 Å². The molecule has 1 aromatic rings. The number of ether oxygens (including phenoxy) is 2. The number of ketones is 1. The summed E-state index contributed by atoms with van der Waals surface area (Å²) in [7, 11) is 2.97. The summed E-state index contributed by atoms with van der Waals surface area (Å²) in [6.45, 7) is 0. The monoisotopic (exact) mass is 219 g/mol. The van der Waals surface area contributed by atoms with Crippen LogP contribution in [-0.4, -0.2) is 26.3 Å². The first-order valence-electron chi connectivity index (χ1n) is 4.80. The highest BCUT2D eigenvalue weighted by molar-refractivity contribution is 5.96. The molecule has 0 aliphatic heterocycles. The summed E-state index contributed by atoms with van der Waals surface area (Å²) in [5, 5.41) is 8.61. The summed E-state index contributed by atoms with van der Waals surface area (Å²) in [4.78, 5) is 11.7. The Labute approximate surface area is 94.4 Å². The van der Waals surface area contributed by atoms with Crippen LogP contribution in [0.1, 0.15) is 22.3 Å². The fraction of sp³-hybridized carbons (Fsp3) is 0.333. The molecule has 0 unspecified atom stereocenters. The van der Waals surface area contributed by atoms with Gasteiger partial charge in [0.25, 0.3) is 0 Å². The Hall–Kier alpha value is -1.70. The first-order valence-corrected chi connectivity index (χ1v) is 4.80. The molecule has 4 nitrogen and oxygen atoms in total. The Morgan fingerprint density at radius 1 is 1.31 bits per heavy atom. The number of nitriles is 1. The molecule has 4 heteroatoms. The number of hydrogen-bond donors (Lipinski definition) is 0. The van der Waals surface area contributed by atoms with E-state index in [4.69, 9.17) is 14.7 Å². The van der Waals surface area contributed by atoms with Crippen LogP contribution < -0.4 is 0 Å². The van der Waals surface area contributed by atoms with Crippen LogP contribution in [0.2, 0.25) is 0 Å². The van der Waals surface area contributed by atoms with Gasteiger partial charge in [-0.25, -0.2) is 0 Å². The second kappa shape index (κ2) is 6.01. The van der Waals surface area contributed by atoms with E-state index in [1.165, 1.54) is 14.2 Å². The molecule has 0 N–H and O–H groups in total. The number of carbonyl (C=O) groups excluding carboxylic acids is 1. The first kappa shape index (κ1) is 12.4. The van der Waals surface area contributed by atoms with E-state index in [0.717, 1.165) is 0 Å². The zero-order valence-corrected chi connectivity index (χ0v) is 9.27. The van der Waals surface area contributed by atoms with E-state index in [0.29, 0.717) is 11.1 Å². The molecular weight excluding hydrogens is 206 g/mol. The molecule has 0 bridgehead atoms. The van der Waals surface area contributed by atoms with Crippen molar-refractivity contribution in [2.24, 2.45) is 0 Å². The van der Waals surface area contributed by atoms with E-state index in [1.54, 1.807) is 24.3 Å². The van der Waals surface area contributed by atoms with Crippen LogP contribution in [-0.2, 0) is 9.47 Å². The van der Waals surface area contributed by atoms with Crippen LogP contribution in [0.5, 0.6) is 0 Å². The molecule has 1 aromatic carbocycles. The average Bonchev–Trinajstić information content (AvgIpc) is 2.35. The number of methoxy groups -OCH3 is 2. The second-order valence-electron chi connectivity index (χ2n) is 3.22. The third kappa shape index (κ3) is 3.16.